The monoisotopic (exact) mass is 351 g/mol. The van der Waals surface area contributed by atoms with Crippen molar-refractivity contribution in [1.29, 1.82) is 0 Å². The smallest absolute Gasteiger partial charge is 0.270 e. The normalized spacial score (nSPS) is 14.2. The molecule has 1 aromatic carbocycles. The van der Waals surface area contributed by atoms with Crippen molar-refractivity contribution in [2.24, 2.45) is 0 Å². The van der Waals surface area contributed by atoms with E-state index < -0.39 is 0 Å². The summed E-state index contributed by atoms with van der Waals surface area (Å²) in [5, 5.41) is 2.77. The Balaban J connectivity index is 1.70. The van der Waals surface area contributed by atoms with Crippen molar-refractivity contribution in [3.63, 3.8) is 0 Å². The summed E-state index contributed by atoms with van der Waals surface area (Å²) in [6.45, 7) is 11.5. The van der Waals surface area contributed by atoms with Crippen molar-refractivity contribution < 1.29 is 4.79 Å². The number of carbonyl (C=O) groups excluding carboxylic acids is 1. The zero-order valence-corrected chi connectivity index (χ0v) is 15.4. The van der Waals surface area contributed by atoms with Crippen LogP contribution in [0.5, 0.6) is 0 Å². The Bertz CT molecular complexity index is 797. The topological polar surface area (TPSA) is 61.4 Å². The van der Waals surface area contributed by atoms with Gasteiger partial charge in [0.05, 0.1) is 0 Å². The fourth-order valence-corrected chi connectivity index (χ4v) is 3.06. The molecule has 0 unspecified atom stereocenters. The third-order valence-electron chi connectivity index (χ3n) is 4.41. The van der Waals surface area contributed by atoms with E-state index in [0.717, 1.165) is 31.9 Å². The van der Waals surface area contributed by atoms with Crippen molar-refractivity contribution in [2.45, 2.75) is 13.8 Å². The number of aromatic nitrogens is 2. The second kappa shape index (κ2) is 7.99. The lowest BCUT2D eigenvalue weighted by atomic mass is 10.2. The van der Waals surface area contributed by atoms with Crippen LogP contribution in [0, 0.1) is 13.8 Å². The SMILES string of the molecule is C=CCNC(=O)c1cc(C)nc(N2CCN(c3cccc(C)c3)CC2)n1. The van der Waals surface area contributed by atoms with E-state index in [0.29, 0.717) is 18.2 Å². The van der Waals surface area contributed by atoms with Crippen LogP contribution in [0.1, 0.15) is 21.7 Å². The van der Waals surface area contributed by atoms with Gasteiger partial charge >= 0.3 is 0 Å². The quantitative estimate of drug-likeness (QED) is 0.838. The molecule has 0 saturated carbocycles. The van der Waals surface area contributed by atoms with Crippen LogP contribution < -0.4 is 15.1 Å². The molecule has 0 bridgehead atoms. The van der Waals surface area contributed by atoms with Gasteiger partial charge in [0.25, 0.3) is 5.91 Å². The maximum Gasteiger partial charge on any atom is 0.270 e. The molecular weight excluding hydrogens is 326 g/mol. The number of rotatable bonds is 5. The van der Waals surface area contributed by atoms with E-state index in [9.17, 15) is 4.79 Å². The summed E-state index contributed by atoms with van der Waals surface area (Å²) in [4.78, 5) is 25.7. The third-order valence-corrected chi connectivity index (χ3v) is 4.41. The minimum atomic E-state index is -0.199. The van der Waals surface area contributed by atoms with E-state index in [1.165, 1.54) is 11.3 Å². The molecule has 1 fully saturated rings. The van der Waals surface area contributed by atoms with Crippen molar-refractivity contribution in [3.8, 4) is 0 Å². The van der Waals surface area contributed by atoms with Gasteiger partial charge in [0, 0.05) is 44.1 Å². The first-order valence-electron chi connectivity index (χ1n) is 8.88. The summed E-state index contributed by atoms with van der Waals surface area (Å²) in [7, 11) is 0. The van der Waals surface area contributed by atoms with Crippen molar-refractivity contribution in [2.75, 3.05) is 42.5 Å². The highest BCUT2D eigenvalue weighted by Gasteiger charge is 2.21. The highest BCUT2D eigenvalue weighted by Crippen LogP contribution is 2.20. The Labute approximate surface area is 154 Å². The Kier molecular flexibility index (Phi) is 5.51. The van der Waals surface area contributed by atoms with E-state index >= 15 is 0 Å². The summed E-state index contributed by atoms with van der Waals surface area (Å²) >= 11 is 0. The maximum absolute atomic E-state index is 12.2. The lowest BCUT2D eigenvalue weighted by molar-refractivity contribution is 0.0953. The molecule has 0 spiro atoms. The first kappa shape index (κ1) is 17.9. The molecule has 1 saturated heterocycles. The van der Waals surface area contributed by atoms with Crippen LogP contribution in [0.25, 0.3) is 0 Å². The van der Waals surface area contributed by atoms with Gasteiger partial charge in [-0.2, -0.15) is 0 Å². The zero-order valence-electron chi connectivity index (χ0n) is 15.4. The van der Waals surface area contributed by atoms with E-state index in [-0.39, 0.29) is 5.91 Å². The van der Waals surface area contributed by atoms with Gasteiger partial charge in [-0.15, -0.1) is 6.58 Å². The van der Waals surface area contributed by atoms with E-state index in [1.807, 2.05) is 6.92 Å². The number of carbonyl (C=O) groups is 1. The number of aryl methyl sites for hydroxylation is 2. The summed E-state index contributed by atoms with van der Waals surface area (Å²) in [5.41, 5.74) is 3.71. The maximum atomic E-state index is 12.2. The largest absolute Gasteiger partial charge is 0.368 e. The van der Waals surface area contributed by atoms with Gasteiger partial charge in [0.1, 0.15) is 5.69 Å². The number of hydrogen-bond acceptors (Lipinski definition) is 5. The number of nitrogens with zero attached hydrogens (tertiary/aromatic N) is 4. The lowest BCUT2D eigenvalue weighted by Crippen LogP contribution is -2.47. The molecule has 1 aliphatic heterocycles. The van der Waals surface area contributed by atoms with Gasteiger partial charge < -0.3 is 15.1 Å². The van der Waals surface area contributed by atoms with Crippen molar-refractivity contribution >= 4 is 17.5 Å². The van der Waals surface area contributed by atoms with Crippen molar-refractivity contribution in [3.05, 3.63) is 59.9 Å². The minimum absolute atomic E-state index is 0.199. The lowest BCUT2D eigenvalue weighted by Gasteiger charge is -2.36. The summed E-state index contributed by atoms with van der Waals surface area (Å²) in [5.74, 6) is 0.424. The van der Waals surface area contributed by atoms with Crippen LogP contribution in [-0.4, -0.2) is 48.6 Å². The van der Waals surface area contributed by atoms with Crippen molar-refractivity contribution in [1.82, 2.24) is 15.3 Å². The fourth-order valence-electron chi connectivity index (χ4n) is 3.06. The predicted molar refractivity (Wildman–Crippen MR) is 105 cm³/mol. The molecular formula is C20H25N5O. The molecule has 26 heavy (non-hydrogen) atoms. The average molecular weight is 351 g/mol. The molecule has 6 nitrogen and oxygen atoms in total. The molecule has 2 heterocycles. The second-order valence-electron chi connectivity index (χ2n) is 6.51. The average Bonchev–Trinajstić information content (AvgIpc) is 2.65. The van der Waals surface area contributed by atoms with Crippen LogP contribution in [-0.2, 0) is 0 Å². The first-order chi connectivity index (χ1) is 12.6. The molecule has 0 atom stereocenters. The highest BCUT2D eigenvalue weighted by molar-refractivity contribution is 5.92. The van der Waals surface area contributed by atoms with Gasteiger partial charge in [-0.25, -0.2) is 9.97 Å². The Morgan fingerprint density at radius 1 is 1.15 bits per heavy atom. The van der Waals surface area contributed by atoms with E-state index in [1.54, 1.807) is 12.1 Å². The summed E-state index contributed by atoms with van der Waals surface area (Å²) in [6.07, 6.45) is 1.65. The third kappa shape index (κ3) is 4.20. The molecule has 0 aliphatic carbocycles. The van der Waals surface area contributed by atoms with Crippen LogP contribution in [0.3, 0.4) is 0 Å². The Morgan fingerprint density at radius 2 is 1.88 bits per heavy atom. The molecule has 1 aliphatic rings. The van der Waals surface area contributed by atoms with Crippen LogP contribution in [0.15, 0.2) is 43.0 Å². The Hall–Kier alpha value is -2.89. The number of benzene rings is 1. The van der Waals surface area contributed by atoms with Crippen LogP contribution in [0.2, 0.25) is 0 Å². The van der Waals surface area contributed by atoms with Gasteiger partial charge in [-0.1, -0.05) is 18.2 Å². The minimum Gasteiger partial charge on any atom is -0.368 e. The number of nitrogens with one attached hydrogen (secondary N) is 1. The fraction of sp³-hybridized carbons (Fsp3) is 0.350. The molecule has 2 aromatic rings. The zero-order chi connectivity index (χ0) is 18.5. The number of amides is 1. The standard InChI is InChI=1S/C20H25N5O/c1-4-8-21-19(26)18-14-16(3)22-20(23-18)25-11-9-24(10-12-25)17-7-5-6-15(2)13-17/h4-7,13-14H,1,8-12H2,2-3H3,(H,21,26). The molecule has 1 amide bonds. The molecule has 3 rings (SSSR count). The molecule has 1 aromatic heterocycles. The van der Waals surface area contributed by atoms with E-state index in [4.69, 9.17) is 0 Å². The van der Waals surface area contributed by atoms with Gasteiger partial charge in [-0.05, 0) is 37.6 Å². The summed E-state index contributed by atoms with van der Waals surface area (Å²) in [6, 6.07) is 10.3. The van der Waals surface area contributed by atoms with Crippen LogP contribution >= 0.6 is 0 Å². The molecule has 6 heteroatoms. The van der Waals surface area contributed by atoms with Gasteiger partial charge in [0.2, 0.25) is 5.95 Å². The first-order valence-corrected chi connectivity index (χ1v) is 8.88. The molecule has 0 radical (unpaired) electrons. The van der Waals surface area contributed by atoms with Gasteiger partial charge in [0.15, 0.2) is 0 Å². The number of hydrogen-bond donors (Lipinski definition) is 1. The van der Waals surface area contributed by atoms with Gasteiger partial charge in [-0.3, -0.25) is 4.79 Å². The second-order valence-corrected chi connectivity index (χ2v) is 6.51. The Morgan fingerprint density at radius 3 is 2.58 bits per heavy atom. The molecule has 1 N–H and O–H groups in total. The predicted octanol–water partition coefficient (Wildman–Crippen LogP) is 2.34. The highest BCUT2D eigenvalue weighted by atomic mass is 16.1. The number of anilines is 2. The van der Waals surface area contributed by atoms with Crippen LogP contribution in [0.4, 0.5) is 11.6 Å². The van der Waals surface area contributed by atoms with E-state index in [2.05, 4.69) is 62.9 Å². The molecule has 136 valence electrons. The summed E-state index contributed by atoms with van der Waals surface area (Å²) < 4.78 is 0. The number of piperazine rings is 1.